The van der Waals surface area contributed by atoms with E-state index in [9.17, 15) is 4.79 Å². The van der Waals surface area contributed by atoms with Crippen LogP contribution in [0.3, 0.4) is 0 Å². The Morgan fingerprint density at radius 3 is 3.00 bits per heavy atom. The van der Waals surface area contributed by atoms with E-state index in [-0.39, 0.29) is 24.5 Å². The van der Waals surface area contributed by atoms with Crippen LogP contribution in [0.15, 0.2) is 12.7 Å². The molecule has 68 valence electrons. The fourth-order valence-corrected chi connectivity index (χ4v) is 1.69. The third-order valence-corrected chi connectivity index (χ3v) is 2.41. The number of nitrogens with one attached hydrogen (secondary N) is 1. The summed E-state index contributed by atoms with van der Waals surface area (Å²) in [5.74, 6) is 0.106. The molecule has 3 nitrogen and oxygen atoms in total. The fourth-order valence-electron chi connectivity index (χ4n) is 1.69. The van der Waals surface area contributed by atoms with E-state index in [0.717, 1.165) is 19.3 Å². The van der Waals surface area contributed by atoms with Crippen LogP contribution in [0.5, 0.6) is 0 Å². The van der Waals surface area contributed by atoms with Crippen molar-refractivity contribution in [2.45, 2.75) is 25.3 Å². The van der Waals surface area contributed by atoms with E-state index in [0.29, 0.717) is 0 Å². The van der Waals surface area contributed by atoms with Crippen molar-refractivity contribution in [3.05, 3.63) is 12.7 Å². The van der Waals surface area contributed by atoms with Crippen LogP contribution >= 0.6 is 0 Å². The van der Waals surface area contributed by atoms with Gasteiger partial charge < -0.3 is 10.4 Å². The molecule has 0 radical (unpaired) electrons. The van der Waals surface area contributed by atoms with Crippen LogP contribution in [0.25, 0.3) is 0 Å². The molecule has 0 saturated heterocycles. The van der Waals surface area contributed by atoms with Gasteiger partial charge in [0.05, 0.1) is 0 Å². The molecule has 0 heterocycles. The Labute approximate surface area is 72.5 Å². The van der Waals surface area contributed by atoms with Gasteiger partial charge in [-0.2, -0.15) is 0 Å². The van der Waals surface area contributed by atoms with Gasteiger partial charge in [-0.05, 0) is 18.9 Å². The fraction of sp³-hybridized carbons (Fsp3) is 0.667. The third kappa shape index (κ3) is 2.08. The van der Waals surface area contributed by atoms with Crippen LogP contribution in [0, 0.1) is 5.92 Å². The molecule has 0 unspecified atom stereocenters. The monoisotopic (exact) mass is 169 g/mol. The molecular weight excluding hydrogens is 154 g/mol. The summed E-state index contributed by atoms with van der Waals surface area (Å²) in [5, 5.41) is 11.8. The number of hydrogen-bond donors (Lipinski definition) is 2. The van der Waals surface area contributed by atoms with E-state index in [4.69, 9.17) is 5.11 Å². The van der Waals surface area contributed by atoms with Gasteiger partial charge in [-0.15, -0.1) is 0 Å². The second kappa shape index (κ2) is 4.26. The quantitative estimate of drug-likeness (QED) is 0.603. The second-order valence-corrected chi connectivity index (χ2v) is 3.19. The van der Waals surface area contributed by atoms with E-state index < -0.39 is 0 Å². The standard InChI is InChI=1S/C9H15NO2/c1-2-9(12)10-8-5-3-4-7(8)6-11/h2,7-8,11H,1,3-6H2,(H,10,12)/t7-,8-/m0/s1. The van der Waals surface area contributed by atoms with Crippen LogP contribution in [0.2, 0.25) is 0 Å². The first kappa shape index (κ1) is 9.26. The number of carbonyl (C=O) groups excluding carboxylic acids is 1. The predicted octanol–water partition coefficient (Wildman–Crippen LogP) is 0.450. The molecule has 1 saturated carbocycles. The summed E-state index contributed by atoms with van der Waals surface area (Å²) in [6.45, 7) is 3.55. The summed E-state index contributed by atoms with van der Waals surface area (Å²) in [7, 11) is 0. The van der Waals surface area contributed by atoms with Crippen molar-refractivity contribution < 1.29 is 9.90 Å². The largest absolute Gasteiger partial charge is 0.396 e. The van der Waals surface area contributed by atoms with Crippen molar-refractivity contribution in [3.63, 3.8) is 0 Å². The number of amides is 1. The van der Waals surface area contributed by atoms with Crippen molar-refractivity contribution in [1.29, 1.82) is 0 Å². The number of aliphatic hydroxyl groups excluding tert-OH is 1. The zero-order valence-corrected chi connectivity index (χ0v) is 7.12. The minimum atomic E-state index is -0.139. The first-order chi connectivity index (χ1) is 5.77. The molecule has 0 aromatic heterocycles. The molecule has 12 heavy (non-hydrogen) atoms. The van der Waals surface area contributed by atoms with E-state index in [1.54, 1.807) is 0 Å². The van der Waals surface area contributed by atoms with E-state index >= 15 is 0 Å². The number of carbonyl (C=O) groups is 1. The predicted molar refractivity (Wildman–Crippen MR) is 46.6 cm³/mol. The molecule has 3 heteroatoms. The molecule has 2 atom stereocenters. The zero-order valence-electron chi connectivity index (χ0n) is 7.12. The van der Waals surface area contributed by atoms with Gasteiger partial charge in [0.15, 0.2) is 0 Å². The zero-order chi connectivity index (χ0) is 8.97. The first-order valence-electron chi connectivity index (χ1n) is 4.31. The molecule has 0 aliphatic heterocycles. The highest BCUT2D eigenvalue weighted by Gasteiger charge is 2.26. The summed E-state index contributed by atoms with van der Waals surface area (Å²) in [5.41, 5.74) is 0. The first-order valence-corrected chi connectivity index (χ1v) is 4.31. The normalized spacial score (nSPS) is 28.4. The Morgan fingerprint density at radius 1 is 1.67 bits per heavy atom. The maximum Gasteiger partial charge on any atom is 0.243 e. The average molecular weight is 169 g/mol. The molecule has 0 aromatic rings. The van der Waals surface area contributed by atoms with Gasteiger partial charge in [0.1, 0.15) is 0 Å². The minimum absolute atomic E-state index is 0.139. The van der Waals surface area contributed by atoms with Crippen LogP contribution in [-0.2, 0) is 4.79 Å². The SMILES string of the molecule is C=CC(=O)N[C@H]1CCC[C@H]1CO. The van der Waals surface area contributed by atoms with Gasteiger partial charge >= 0.3 is 0 Å². The average Bonchev–Trinajstić information content (AvgIpc) is 2.51. The summed E-state index contributed by atoms with van der Waals surface area (Å²) < 4.78 is 0. The topological polar surface area (TPSA) is 49.3 Å². The molecule has 1 amide bonds. The Kier molecular flexibility index (Phi) is 3.29. The Morgan fingerprint density at radius 2 is 2.42 bits per heavy atom. The number of hydrogen-bond acceptors (Lipinski definition) is 2. The summed E-state index contributed by atoms with van der Waals surface area (Å²) in [4.78, 5) is 10.9. The Bertz CT molecular complexity index is 179. The van der Waals surface area contributed by atoms with Gasteiger partial charge in [0.2, 0.25) is 5.91 Å². The molecule has 1 aliphatic rings. The van der Waals surface area contributed by atoms with E-state index in [2.05, 4.69) is 11.9 Å². The molecule has 0 aromatic carbocycles. The molecular formula is C9H15NO2. The third-order valence-electron chi connectivity index (χ3n) is 2.41. The lowest BCUT2D eigenvalue weighted by Crippen LogP contribution is -2.37. The van der Waals surface area contributed by atoms with Crippen molar-refractivity contribution >= 4 is 5.91 Å². The maximum absolute atomic E-state index is 10.9. The lowest BCUT2D eigenvalue weighted by Gasteiger charge is -2.17. The number of rotatable bonds is 3. The van der Waals surface area contributed by atoms with Crippen LogP contribution < -0.4 is 5.32 Å². The second-order valence-electron chi connectivity index (χ2n) is 3.19. The van der Waals surface area contributed by atoms with Gasteiger partial charge in [-0.25, -0.2) is 0 Å². The van der Waals surface area contributed by atoms with Crippen molar-refractivity contribution in [3.8, 4) is 0 Å². The van der Waals surface area contributed by atoms with Crippen LogP contribution in [-0.4, -0.2) is 23.7 Å². The minimum Gasteiger partial charge on any atom is -0.396 e. The molecule has 0 spiro atoms. The van der Waals surface area contributed by atoms with Gasteiger partial charge in [0.25, 0.3) is 0 Å². The van der Waals surface area contributed by atoms with Crippen molar-refractivity contribution in [1.82, 2.24) is 5.32 Å². The Balaban J connectivity index is 2.40. The molecule has 2 N–H and O–H groups in total. The van der Waals surface area contributed by atoms with Crippen molar-refractivity contribution in [2.24, 2.45) is 5.92 Å². The van der Waals surface area contributed by atoms with Gasteiger partial charge in [-0.1, -0.05) is 13.0 Å². The van der Waals surface area contributed by atoms with Crippen LogP contribution in [0.1, 0.15) is 19.3 Å². The molecule has 1 aliphatic carbocycles. The summed E-state index contributed by atoms with van der Waals surface area (Å²) in [6.07, 6.45) is 4.35. The summed E-state index contributed by atoms with van der Waals surface area (Å²) >= 11 is 0. The van der Waals surface area contributed by atoms with E-state index in [1.165, 1.54) is 6.08 Å². The lowest BCUT2D eigenvalue weighted by atomic mass is 10.1. The summed E-state index contributed by atoms with van der Waals surface area (Å²) in [6, 6.07) is 0.153. The van der Waals surface area contributed by atoms with Gasteiger partial charge in [0, 0.05) is 18.6 Å². The highest BCUT2D eigenvalue weighted by atomic mass is 16.3. The number of aliphatic hydroxyl groups is 1. The molecule has 1 fully saturated rings. The maximum atomic E-state index is 10.9. The molecule has 0 bridgehead atoms. The van der Waals surface area contributed by atoms with Crippen LogP contribution in [0.4, 0.5) is 0 Å². The smallest absolute Gasteiger partial charge is 0.243 e. The highest BCUT2D eigenvalue weighted by molar-refractivity contribution is 5.87. The van der Waals surface area contributed by atoms with Gasteiger partial charge in [-0.3, -0.25) is 4.79 Å². The van der Waals surface area contributed by atoms with E-state index in [1.807, 2.05) is 0 Å². The lowest BCUT2D eigenvalue weighted by molar-refractivity contribution is -0.117. The van der Waals surface area contributed by atoms with Crippen molar-refractivity contribution in [2.75, 3.05) is 6.61 Å². The molecule has 1 rings (SSSR count). The highest BCUT2D eigenvalue weighted by Crippen LogP contribution is 2.24. The Hall–Kier alpha value is -0.830.